The summed E-state index contributed by atoms with van der Waals surface area (Å²) in [6, 6.07) is 13.3. The van der Waals surface area contributed by atoms with E-state index in [9.17, 15) is 18.0 Å². The average Bonchev–Trinajstić information content (AvgIpc) is 3.52. The van der Waals surface area contributed by atoms with Gasteiger partial charge in [0.05, 0.1) is 17.1 Å². The summed E-state index contributed by atoms with van der Waals surface area (Å²) in [5, 5.41) is 5.75. The van der Waals surface area contributed by atoms with Gasteiger partial charge in [0.25, 0.3) is 5.91 Å². The minimum atomic E-state index is -3.25. The molecule has 0 unspecified atom stereocenters. The number of sulfone groups is 1. The fraction of sp³-hybridized carbons (Fsp3) is 0.417. The van der Waals surface area contributed by atoms with Crippen LogP contribution in [0.15, 0.2) is 53.4 Å². The molecule has 0 radical (unpaired) electrons. The molecule has 31 heavy (non-hydrogen) atoms. The Morgan fingerprint density at radius 1 is 0.968 bits per heavy atom. The molecule has 2 amide bonds. The first-order valence-electron chi connectivity index (χ1n) is 10.7. The number of hydrogen-bond donors (Lipinski definition) is 2. The van der Waals surface area contributed by atoms with Crippen molar-refractivity contribution in [2.45, 2.75) is 51.0 Å². The maximum absolute atomic E-state index is 12.3. The van der Waals surface area contributed by atoms with Crippen molar-refractivity contribution in [1.82, 2.24) is 5.32 Å². The molecule has 1 atom stereocenters. The predicted molar refractivity (Wildman–Crippen MR) is 122 cm³/mol. The summed E-state index contributed by atoms with van der Waals surface area (Å²) in [4.78, 5) is 24.9. The van der Waals surface area contributed by atoms with Gasteiger partial charge in [0, 0.05) is 17.3 Å². The lowest BCUT2D eigenvalue weighted by Gasteiger charge is -2.17. The normalized spacial score (nSPS) is 14.8. The van der Waals surface area contributed by atoms with Gasteiger partial charge in [-0.05, 0) is 73.6 Å². The molecule has 1 aliphatic rings. The minimum Gasteiger partial charge on any atom is -0.349 e. The van der Waals surface area contributed by atoms with Gasteiger partial charge in [-0.1, -0.05) is 26.0 Å². The lowest BCUT2D eigenvalue weighted by atomic mass is 10.1. The number of hydrogen-bond acceptors (Lipinski definition) is 4. The summed E-state index contributed by atoms with van der Waals surface area (Å²) in [6.07, 6.45) is 2.11. The van der Waals surface area contributed by atoms with Crippen LogP contribution in [0, 0.1) is 11.8 Å². The zero-order valence-electron chi connectivity index (χ0n) is 18.2. The second-order valence-electron chi connectivity index (χ2n) is 8.68. The number of anilines is 1. The van der Waals surface area contributed by atoms with Crippen molar-refractivity contribution in [3.8, 4) is 0 Å². The fourth-order valence-electron chi connectivity index (χ4n) is 3.06. The molecule has 2 N–H and O–H groups in total. The molecule has 6 nitrogen and oxygen atoms in total. The van der Waals surface area contributed by atoms with Crippen LogP contribution >= 0.6 is 0 Å². The van der Waals surface area contributed by atoms with Gasteiger partial charge in [-0.25, -0.2) is 8.42 Å². The number of rotatable bonds is 9. The lowest BCUT2D eigenvalue weighted by Crippen LogP contribution is -2.36. The standard InChI is InChI=1S/C24H30N2O4S/c1-16(2)17(3)25-24(28)20-8-10-21(11-9-20)26-23(27)14-18-6-12-22(13-7-18)31(29,30)15-19-4-5-19/h6-13,16-17,19H,4-5,14-15H2,1-3H3,(H,25,28)(H,26,27)/t17-/m0/s1. The molecule has 2 aromatic rings. The van der Waals surface area contributed by atoms with Gasteiger partial charge in [-0.3, -0.25) is 9.59 Å². The molecule has 0 spiro atoms. The topological polar surface area (TPSA) is 92.3 Å². The van der Waals surface area contributed by atoms with E-state index in [0.29, 0.717) is 28.0 Å². The lowest BCUT2D eigenvalue weighted by molar-refractivity contribution is -0.115. The van der Waals surface area contributed by atoms with E-state index in [1.54, 1.807) is 48.5 Å². The van der Waals surface area contributed by atoms with E-state index in [4.69, 9.17) is 0 Å². The predicted octanol–water partition coefficient (Wildman–Crippen LogP) is 3.83. The van der Waals surface area contributed by atoms with Crippen molar-refractivity contribution < 1.29 is 18.0 Å². The highest BCUT2D eigenvalue weighted by molar-refractivity contribution is 7.91. The van der Waals surface area contributed by atoms with Crippen molar-refractivity contribution in [3.63, 3.8) is 0 Å². The molecular formula is C24H30N2O4S. The van der Waals surface area contributed by atoms with Crippen molar-refractivity contribution >= 4 is 27.3 Å². The van der Waals surface area contributed by atoms with E-state index in [2.05, 4.69) is 10.6 Å². The molecule has 0 bridgehead atoms. The molecule has 1 aliphatic carbocycles. The van der Waals surface area contributed by atoms with Crippen LogP contribution in [-0.2, 0) is 21.1 Å². The first-order chi connectivity index (χ1) is 14.6. The van der Waals surface area contributed by atoms with Crippen LogP contribution in [0.2, 0.25) is 0 Å². The summed E-state index contributed by atoms with van der Waals surface area (Å²) in [5.74, 6) is 0.494. The van der Waals surface area contributed by atoms with E-state index < -0.39 is 9.84 Å². The summed E-state index contributed by atoms with van der Waals surface area (Å²) >= 11 is 0. The molecule has 1 fully saturated rings. The Bertz CT molecular complexity index is 1020. The quantitative estimate of drug-likeness (QED) is 0.617. The van der Waals surface area contributed by atoms with Crippen LogP contribution in [0.4, 0.5) is 5.69 Å². The third-order valence-electron chi connectivity index (χ3n) is 5.59. The molecule has 0 aromatic heterocycles. The highest BCUT2D eigenvalue weighted by Crippen LogP contribution is 2.32. The SMILES string of the molecule is CC(C)[C@H](C)NC(=O)c1ccc(NC(=O)Cc2ccc(S(=O)(=O)CC3CC3)cc2)cc1. The largest absolute Gasteiger partial charge is 0.349 e. The van der Waals surface area contributed by atoms with E-state index in [0.717, 1.165) is 18.4 Å². The summed E-state index contributed by atoms with van der Waals surface area (Å²) in [6.45, 7) is 6.06. The van der Waals surface area contributed by atoms with Crippen molar-refractivity contribution in [2.75, 3.05) is 11.1 Å². The van der Waals surface area contributed by atoms with Crippen LogP contribution in [0.1, 0.15) is 49.5 Å². The molecule has 0 heterocycles. The highest BCUT2D eigenvalue weighted by Gasteiger charge is 2.29. The maximum atomic E-state index is 12.3. The van der Waals surface area contributed by atoms with E-state index >= 15 is 0 Å². The van der Waals surface area contributed by atoms with Crippen molar-refractivity contribution in [1.29, 1.82) is 0 Å². The number of nitrogens with one attached hydrogen (secondary N) is 2. The van der Waals surface area contributed by atoms with Crippen molar-refractivity contribution in [2.24, 2.45) is 11.8 Å². The van der Waals surface area contributed by atoms with Gasteiger partial charge in [0.2, 0.25) is 5.91 Å². The van der Waals surface area contributed by atoms with E-state index in [1.807, 2.05) is 20.8 Å². The summed E-state index contributed by atoms with van der Waals surface area (Å²) in [5.41, 5.74) is 1.87. The third kappa shape index (κ3) is 6.66. The Hall–Kier alpha value is -2.67. The zero-order chi connectivity index (χ0) is 22.6. The molecule has 166 valence electrons. The Morgan fingerprint density at radius 2 is 1.58 bits per heavy atom. The second kappa shape index (κ2) is 9.64. The third-order valence-corrected chi connectivity index (χ3v) is 7.49. The molecule has 1 saturated carbocycles. The van der Waals surface area contributed by atoms with Crippen molar-refractivity contribution in [3.05, 3.63) is 59.7 Å². The fourth-order valence-corrected chi connectivity index (χ4v) is 4.76. The van der Waals surface area contributed by atoms with Gasteiger partial charge >= 0.3 is 0 Å². The smallest absolute Gasteiger partial charge is 0.251 e. The number of benzene rings is 2. The zero-order valence-corrected chi connectivity index (χ0v) is 19.0. The van der Waals surface area contributed by atoms with Crippen LogP contribution in [0.5, 0.6) is 0 Å². The van der Waals surface area contributed by atoms with Crippen LogP contribution in [-0.4, -0.2) is 32.0 Å². The monoisotopic (exact) mass is 442 g/mol. The van der Waals surface area contributed by atoms with Crippen LogP contribution in [0.3, 0.4) is 0 Å². The highest BCUT2D eigenvalue weighted by atomic mass is 32.2. The number of carbonyl (C=O) groups excluding carboxylic acids is 2. The Morgan fingerprint density at radius 3 is 2.13 bits per heavy atom. The summed E-state index contributed by atoms with van der Waals surface area (Å²) in [7, 11) is -3.25. The van der Waals surface area contributed by atoms with Gasteiger partial charge in [-0.15, -0.1) is 0 Å². The Labute approximate surface area is 184 Å². The molecule has 3 rings (SSSR count). The molecule has 7 heteroatoms. The van der Waals surface area contributed by atoms with E-state index in [1.165, 1.54) is 0 Å². The van der Waals surface area contributed by atoms with Gasteiger partial charge in [0.1, 0.15) is 0 Å². The van der Waals surface area contributed by atoms with E-state index in [-0.39, 0.29) is 30.0 Å². The Balaban J connectivity index is 1.54. The van der Waals surface area contributed by atoms with Gasteiger partial charge in [-0.2, -0.15) is 0 Å². The molecule has 0 aliphatic heterocycles. The summed E-state index contributed by atoms with van der Waals surface area (Å²) < 4.78 is 24.6. The molecule has 2 aromatic carbocycles. The maximum Gasteiger partial charge on any atom is 0.251 e. The number of carbonyl (C=O) groups is 2. The second-order valence-corrected chi connectivity index (χ2v) is 10.7. The Kier molecular flexibility index (Phi) is 7.15. The number of amides is 2. The average molecular weight is 443 g/mol. The van der Waals surface area contributed by atoms with Crippen LogP contribution < -0.4 is 10.6 Å². The van der Waals surface area contributed by atoms with Gasteiger partial charge in [0.15, 0.2) is 9.84 Å². The van der Waals surface area contributed by atoms with Gasteiger partial charge < -0.3 is 10.6 Å². The molecular weight excluding hydrogens is 412 g/mol. The first kappa shape index (κ1) is 23.0. The van der Waals surface area contributed by atoms with Crippen LogP contribution in [0.25, 0.3) is 0 Å². The first-order valence-corrected chi connectivity index (χ1v) is 12.3. The molecule has 0 saturated heterocycles. The minimum absolute atomic E-state index is 0.0713.